The van der Waals surface area contributed by atoms with Crippen molar-refractivity contribution in [1.82, 2.24) is 5.32 Å². The first kappa shape index (κ1) is 15.2. The van der Waals surface area contributed by atoms with Gasteiger partial charge in [-0.2, -0.15) is 0 Å². The summed E-state index contributed by atoms with van der Waals surface area (Å²) in [6.07, 6.45) is 7.45. The topological polar surface area (TPSA) is 21.3 Å². The predicted octanol–water partition coefficient (Wildman–Crippen LogP) is 4.03. The van der Waals surface area contributed by atoms with Crippen LogP contribution in [0.25, 0.3) is 0 Å². The third-order valence-electron chi connectivity index (χ3n) is 6.13. The molecule has 2 nitrogen and oxygen atoms in total. The van der Waals surface area contributed by atoms with Crippen LogP contribution in [0.4, 0.5) is 0 Å². The van der Waals surface area contributed by atoms with E-state index < -0.39 is 0 Å². The molecule has 0 saturated heterocycles. The maximum atomic E-state index is 5.31. The van der Waals surface area contributed by atoms with Gasteiger partial charge in [0.1, 0.15) is 5.75 Å². The zero-order chi connectivity index (χ0) is 13.5. The van der Waals surface area contributed by atoms with Gasteiger partial charge in [0, 0.05) is 12.6 Å². The normalized spacial score (nSPS) is 36.3. The lowest BCUT2D eigenvalue weighted by Crippen LogP contribution is -2.38. The first-order valence-corrected chi connectivity index (χ1v) is 8.21. The molecule has 2 bridgehead atoms. The van der Waals surface area contributed by atoms with Crippen LogP contribution in [0.15, 0.2) is 24.3 Å². The maximum absolute atomic E-state index is 5.31. The van der Waals surface area contributed by atoms with Gasteiger partial charge in [0.25, 0.3) is 0 Å². The number of nitrogens with one attached hydrogen (secondary N) is 1. The number of hydrogen-bond donors (Lipinski definition) is 1. The molecule has 0 radical (unpaired) electrons. The highest BCUT2D eigenvalue weighted by Gasteiger charge is 2.53. The van der Waals surface area contributed by atoms with Crippen LogP contribution in [0.3, 0.4) is 0 Å². The van der Waals surface area contributed by atoms with E-state index in [1.807, 2.05) is 6.07 Å². The van der Waals surface area contributed by atoms with Crippen molar-refractivity contribution in [3.63, 3.8) is 0 Å². The summed E-state index contributed by atoms with van der Waals surface area (Å²) in [6, 6.07) is 9.22. The van der Waals surface area contributed by atoms with E-state index in [2.05, 4.69) is 23.5 Å². The molecule has 0 aliphatic heterocycles. The van der Waals surface area contributed by atoms with Gasteiger partial charge in [0.05, 0.1) is 7.11 Å². The van der Waals surface area contributed by atoms with Gasteiger partial charge in [-0.15, -0.1) is 12.4 Å². The Hall–Kier alpha value is -0.730. The van der Waals surface area contributed by atoms with Crippen LogP contribution in [0.1, 0.15) is 37.7 Å². The summed E-state index contributed by atoms with van der Waals surface area (Å²) in [5.74, 6) is 5.12. The highest BCUT2D eigenvalue weighted by atomic mass is 35.5. The van der Waals surface area contributed by atoms with E-state index in [4.69, 9.17) is 4.74 Å². The number of benzene rings is 1. The van der Waals surface area contributed by atoms with Crippen molar-refractivity contribution in [2.45, 2.75) is 44.7 Å². The minimum Gasteiger partial charge on any atom is -0.497 e. The lowest BCUT2D eigenvalue weighted by molar-refractivity contribution is 0.208. The lowest BCUT2D eigenvalue weighted by Gasteiger charge is -2.32. The molecule has 21 heavy (non-hydrogen) atoms. The standard InChI is InChI=1S/C18H25NO.ClH/c1-20-14-5-2-4-12(8-14)11-19-18-10-13-9-17(18)16-7-3-6-15(13)16;/h2,4-5,8,13,15-19H,3,6-7,9-11H2,1H3;1H/t13-,15+,16+,17-,18+;/m0./s1. The van der Waals surface area contributed by atoms with Crippen LogP contribution in [-0.4, -0.2) is 13.2 Å². The number of fused-ring (bicyclic) bond motifs is 5. The zero-order valence-electron chi connectivity index (χ0n) is 12.8. The highest BCUT2D eigenvalue weighted by molar-refractivity contribution is 5.85. The van der Waals surface area contributed by atoms with Gasteiger partial charge in [-0.1, -0.05) is 18.6 Å². The molecule has 0 spiro atoms. The van der Waals surface area contributed by atoms with Crippen LogP contribution in [0, 0.1) is 23.7 Å². The Morgan fingerprint density at radius 2 is 2.00 bits per heavy atom. The molecule has 3 heteroatoms. The highest BCUT2D eigenvalue weighted by Crippen LogP contribution is 2.58. The molecule has 0 aromatic heterocycles. The SMILES string of the molecule is COc1cccc(CN[C@@H]2C[C@@H]3C[C@H]2[C@@H]2CCC[C@H]32)c1.Cl. The molecule has 0 unspecified atom stereocenters. The Morgan fingerprint density at radius 1 is 1.14 bits per heavy atom. The van der Waals surface area contributed by atoms with Crippen molar-refractivity contribution in [2.24, 2.45) is 23.7 Å². The summed E-state index contributed by atoms with van der Waals surface area (Å²) < 4.78 is 5.31. The molecule has 3 saturated carbocycles. The van der Waals surface area contributed by atoms with Gasteiger partial charge in [-0.05, 0) is 67.1 Å². The molecule has 3 aliphatic rings. The van der Waals surface area contributed by atoms with Gasteiger partial charge in [-0.25, -0.2) is 0 Å². The minimum absolute atomic E-state index is 0. The smallest absolute Gasteiger partial charge is 0.119 e. The summed E-state index contributed by atoms with van der Waals surface area (Å²) in [5.41, 5.74) is 1.34. The molecule has 5 atom stereocenters. The summed E-state index contributed by atoms with van der Waals surface area (Å²) >= 11 is 0. The first-order valence-electron chi connectivity index (χ1n) is 8.21. The van der Waals surface area contributed by atoms with E-state index in [9.17, 15) is 0 Å². The monoisotopic (exact) mass is 307 g/mol. The van der Waals surface area contributed by atoms with Gasteiger partial charge in [-0.3, -0.25) is 0 Å². The Bertz CT molecular complexity index is 492. The molecular weight excluding hydrogens is 282 g/mol. The molecule has 0 amide bonds. The molecule has 1 aromatic rings. The minimum atomic E-state index is 0. The van der Waals surface area contributed by atoms with Crippen molar-refractivity contribution in [3.05, 3.63) is 29.8 Å². The van der Waals surface area contributed by atoms with Gasteiger partial charge >= 0.3 is 0 Å². The van der Waals surface area contributed by atoms with E-state index >= 15 is 0 Å². The molecule has 0 heterocycles. The predicted molar refractivity (Wildman–Crippen MR) is 87.9 cm³/mol. The Morgan fingerprint density at radius 3 is 2.86 bits per heavy atom. The van der Waals surface area contributed by atoms with Gasteiger partial charge in [0.15, 0.2) is 0 Å². The average molecular weight is 308 g/mol. The molecule has 1 aromatic carbocycles. The van der Waals surface area contributed by atoms with Gasteiger partial charge in [0.2, 0.25) is 0 Å². The van der Waals surface area contributed by atoms with E-state index in [0.29, 0.717) is 0 Å². The third kappa shape index (κ3) is 2.68. The van der Waals surface area contributed by atoms with Gasteiger partial charge < -0.3 is 10.1 Å². The van der Waals surface area contributed by atoms with Crippen LogP contribution in [0.2, 0.25) is 0 Å². The summed E-state index contributed by atoms with van der Waals surface area (Å²) in [4.78, 5) is 0. The molecule has 116 valence electrons. The quantitative estimate of drug-likeness (QED) is 0.906. The van der Waals surface area contributed by atoms with E-state index in [1.165, 1.54) is 37.7 Å². The second-order valence-electron chi connectivity index (χ2n) is 6.99. The zero-order valence-corrected chi connectivity index (χ0v) is 13.6. The Kier molecular flexibility index (Phi) is 4.46. The fourth-order valence-electron chi connectivity index (χ4n) is 5.33. The van der Waals surface area contributed by atoms with Crippen LogP contribution < -0.4 is 10.1 Å². The second kappa shape index (κ2) is 6.18. The fraction of sp³-hybridized carbons (Fsp3) is 0.667. The fourth-order valence-corrected chi connectivity index (χ4v) is 5.33. The second-order valence-corrected chi connectivity index (χ2v) is 6.99. The Labute approximate surface area is 134 Å². The van der Waals surface area contributed by atoms with Crippen molar-refractivity contribution in [3.8, 4) is 5.75 Å². The molecule has 3 aliphatic carbocycles. The van der Waals surface area contributed by atoms with Crippen molar-refractivity contribution in [2.75, 3.05) is 7.11 Å². The van der Waals surface area contributed by atoms with Crippen LogP contribution in [0.5, 0.6) is 5.75 Å². The number of rotatable bonds is 4. The van der Waals surface area contributed by atoms with Crippen molar-refractivity contribution >= 4 is 12.4 Å². The summed E-state index contributed by atoms with van der Waals surface area (Å²) in [5, 5.41) is 3.84. The van der Waals surface area contributed by atoms with E-state index in [-0.39, 0.29) is 12.4 Å². The molecule has 4 rings (SSSR count). The van der Waals surface area contributed by atoms with Crippen molar-refractivity contribution < 1.29 is 4.74 Å². The Balaban J connectivity index is 0.00000132. The van der Waals surface area contributed by atoms with E-state index in [1.54, 1.807) is 7.11 Å². The third-order valence-corrected chi connectivity index (χ3v) is 6.13. The van der Waals surface area contributed by atoms with Crippen LogP contribution in [-0.2, 0) is 6.54 Å². The molecule has 3 fully saturated rings. The van der Waals surface area contributed by atoms with Crippen molar-refractivity contribution in [1.29, 1.82) is 0 Å². The number of methoxy groups -OCH3 is 1. The number of halogens is 1. The molecular formula is C18H26ClNO. The first-order chi connectivity index (χ1) is 9.85. The summed E-state index contributed by atoms with van der Waals surface area (Å²) in [7, 11) is 1.74. The maximum Gasteiger partial charge on any atom is 0.119 e. The largest absolute Gasteiger partial charge is 0.497 e. The van der Waals surface area contributed by atoms with E-state index in [0.717, 1.165) is 42.0 Å². The average Bonchev–Trinajstić information content (AvgIpc) is 3.17. The van der Waals surface area contributed by atoms with Crippen LogP contribution >= 0.6 is 12.4 Å². The summed E-state index contributed by atoms with van der Waals surface area (Å²) in [6.45, 7) is 0.989. The lowest BCUT2D eigenvalue weighted by atomic mass is 9.79. The number of ether oxygens (including phenoxy) is 1. The molecule has 1 N–H and O–H groups in total. The number of hydrogen-bond acceptors (Lipinski definition) is 2.